The lowest BCUT2D eigenvalue weighted by molar-refractivity contribution is 0.0687. The average Bonchev–Trinajstić information content (AvgIpc) is 3.09. The number of hydrogen-bond acceptors (Lipinski definition) is 2. The number of aromatic nitrogens is 2. The highest BCUT2D eigenvalue weighted by atomic mass is 35.5. The van der Waals surface area contributed by atoms with Crippen molar-refractivity contribution in [3.63, 3.8) is 0 Å². The summed E-state index contributed by atoms with van der Waals surface area (Å²) in [5.41, 5.74) is 2.93. The van der Waals surface area contributed by atoms with Gasteiger partial charge in [0.2, 0.25) is 0 Å². The van der Waals surface area contributed by atoms with Gasteiger partial charge in [-0.05, 0) is 11.6 Å². The second-order valence-corrected chi connectivity index (χ2v) is 6.76. The summed E-state index contributed by atoms with van der Waals surface area (Å²) < 4.78 is 1.74. The molecular formula is C23H17ClN2O2. The zero-order chi connectivity index (χ0) is 19.5. The first-order valence-corrected chi connectivity index (χ1v) is 9.21. The molecule has 4 aromatic rings. The lowest BCUT2D eigenvalue weighted by Crippen LogP contribution is -2.11. The maximum Gasteiger partial charge on any atom is 0.354 e. The van der Waals surface area contributed by atoms with Gasteiger partial charge in [-0.25, -0.2) is 9.78 Å². The zero-order valence-corrected chi connectivity index (χ0v) is 15.7. The van der Waals surface area contributed by atoms with Gasteiger partial charge in [0.1, 0.15) is 11.5 Å². The van der Waals surface area contributed by atoms with Gasteiger partial charge in [0.15, 0.2) is 5.69 Å². The number of aromatic carboxylic acids is 1. The summed E-state index contributed by atoms with van der Waals surface area (Å²) in [6, 6.07) is 26.5. The van der Waals surface area contributed by atoms with Crippen molar-refractivity contribution in [3.8, 4) is 22.6 Å². The van der Waals surface area contributed by atoms with Crippen LogP contribution in [0.2, 0.25) is 5.02 Å². The predicted molar refractivity (Wildman–Crippen MR) is 111 cm³/mol. The van der Waals surface area contributed by atoms with Gasteiger partial charge < -0.3 is 9.67 Å². The van der Waals surface area contributed by atoms with E-state index >= 15 is 0 Å². The highest BCUT2D eigenvalue weighted by molar-refractivity contribution is 6.33. The SMILES string of the molecule is O=C(O)c1c(-c2ccccc2Cl)nc(-c2ccccc2)n1Cc1ccccc1. The molecule has 0 saturated carbocycles. The molecule has 0 amide bonds. The molecule has 0 radical (unpaired) electrons. The van der Waals surface area contributed by atoms with Crippen LogP contribution in [0.25, 0.3) is 22.6 Å². The molecule has 0 bridgehead atoms. The number of carboxylic acids is 1. The predicted octanol–water partition coefficient (Wildman–Crippen LogP) is 5.62. The topological polar surface area (TPSA) is 55.1 Å². The Bertz CT molecular complexity index is 1120. The summed E-state index contributed by atoms with van der Waals surface area (Å²) in [6.07, 6.45) is 0. The van der Waals surface area contributed by atoms with Crippen molar-refractivity contribution in [2.24, 2.45) is 0 Å². The largest absolute Gasteiger partial charge is 0.477 e. The Kier molecular flexibility index (Phi) is 4.96. The van der Waals surface area contributed by atoms with Crippen molar-refractivity contribution >= 4 is 17.6 Å². The first kappa shape index (κ1) is 18.0. The first-order chi connectivity index (χ1) is 13.6. The smallest absolute Gasteiger partial charge is 0.354 e. The number of hydrogen-bond donors (Lipinski definition) is 1. The van der Waals surface area contributed by atoms with Crippen molar-refractivity contribution in [2.75, 3.05) is 0 Å². The summed E-state index contributed by atoms with van der Waals surface area (Å²) in [4.78, 5) is 17.0. The van der Waals surface area contributed by atoms with Gasteiger partial charge in [-0.2, -0.15) is 0 Å². The number of rotatable bonds is 5. The van der Waals surface area contributed by atoms with Crippen LogP contribution in [0, 0.1) is 0 Å². The van der Waals surface area contributed by atoms with E-state index in [1.165, 1.54) is 0 Å². The van der Waals surface area contributed by atoms with Crippen LogP contribution in [0.4, 0.5) is 0 Å². The van der Waals surface area contributed by atoms with Gasteiger partial charge in [0.05, 0.1) is 5.02 Å². The van der Waals surface area contributed by atoms with Gasteiger partial charge in [0.25, 0.3) is 0 Å². The maximum absolute atomic E-state index is 12.3. The minimum Gasteiger partial charge on any atom is -0.477 e. The van der Waals surface area contributed by atoms with Crippen LogP contribution in [0.5, 0.6) is 0 Å². The quantitative estimate of drug-likeness (QED) is 0.483. The molecule has 4 nitrogen and oxygen atoms in total. The second-order valence-electron chi connectivity index (χ2n) is 6.36. The Labute approximate surface area is 167 Å². The maximum atomic E-state index is 12.3. The molecule has 1 heterocycles. The summed E-state index contributed by atoms with van der Waals surface area (Å²) >= 11 is 6.36. The molecule has 0 atom stereocenters. The van der Waals surface area contributed by atoms with E-state index in [2.05, 4.69) is 0 Å². The standard InChI is InChI=1S/C23H17ClN2O2/c24-19-14-8-7-13-18(19)20-21(23(27)28)26(15-16-9-3-1-4-10-16)22(25-20)17-11-5-2-6-12-17/h1-14H,15H2,(H,27,28). The molecule has 0 aliphatic rings. The van der Waals surface area contributed by atoms with Crippen molar-refractivity contribution in [2.45, 2.75) is 6.54 Å². The molecule has 138 valence electrons. The van der Waals surface area contributed by atoms with E-state index in [0.717, 1.165) is 11.1 Å². The van der Waals surface area contributed by atoms with E-state index in [1.807, 2.05) is 72.8 Å². The normalized spacial score (nSPS) is 10.8. The Morgan fingerprint density at radius 2 is 1.50 bits per heavy atom. The van der Waals surface area contributed by atoms with Crippen LogP contribution >= 0.6 is 11.6 Å². The molecule has 0 aliphatic heterocycles. The number of halogens is 1. The second kappa shape index (κ2) is 7.71. The molecule has 0 fully saturated rings. The summed E-state index contributed by atoms with van der Waals surface area (Å²) in [5, 5.41) is 10.5. The summed E-state index contributed by atoms with van der Waals surface area (Å²) in [5.74, 6) is -0.447. The number of benzene rings is 3. The molecule has 0 unspecified atom stereocenters. The fourth-order valence-corrected chi connectivity index (χ4v) is 3.46. The summed E-state index contributed by atoms with van der Waals surface area (Å²) in [7, 11) is 0. The van der Waals surface area contributed by atoms with E-state index in [0.29, 0.717) is 28.6 Å². The van der Waals surface area contributed by atoms with E-state index in [1.54, 1.807) is 16.7 Å². The van der Waals surface area contributed by atoms with Crippen molar-refractivity contribution < 1.29 is 9.90 Å². The van der Waals surface area contributed by atoms with Crippen LogP contribution in [-0.2, 0) is 6.54 Å². The van der Waals surface area contributed by atoms with Gasteiger partial charge in [-0.15, -0.1) is 0 Å². The minimum atomic E-state index is -1.04. The van der Waals surface area contributed by atoms with E-state index in [-0.39, 0.29) is 5.69 Å². The Balaban J connectivity index is 1.98. The number of imidazole rings is 1. The number of carboxylic acid groups (broad SMARTS) is 1. The molecular weight excluding hydrogens is 372 g/mol. The van der Waals surface area contributed by atoms with Crippen molar-refractivity contribution in [1.82, 2.24) is 9.55 Å². The highest BCUT2D eigenvalue weighted by Crippen LogP contribution is 2.34. The third kappa shape index (κ3) is 3.42. The lowest BCUT2D eigenvalue weighted by atomic mass is 10.1. The van der Waals surface area contributed by atoms with Gasteiger partial charge >= 0.3 is 5.97 Å². The monoisotopic (exact) mass is 388 g/mol. The molecule has 28 heavy (non-hydrogen) atoms. The van der Waals surface area contributed by atoms with Crippen LogP contribution in [0.1, 0.15) is 16.1 Å². The number of carbonyl (C=O) groups is 1. The zero-order valence-electron chi connectivity index (χ0n) is 14.9. The Morgan fingerprint density at radius 3 is 2.14 bits per heavy atom. The Hall–Kier alpha value is -3.37. The lowest BCUT2D eigenvalue weighted by Gasteiger charge is -2.11. The van der Waals surface area contributed by atoms with Crippen molar-refractivity contribution in [3.05, 3.63) is 101 Å². The van der Waals surface area contributed by atoms with Gasteiger partial charge in [-0.1, -0.05) is 90.5 Å². The molecule has 1 N–H and O–H groups in total. The fourth-order valence-electron chi connectivity index (χ4n) is 3.24. The molecule has 0 saturated heterocycles. The van der Waals surface area contributed by atoms with Crippen LogP contribution in [-0.4, -0.2) is 20.6 Å². The van der Waals surface area contributed by atoms with Gasteiger partial charge in [0, 0.05) is 17.7 Å². The van der Waals surface area contributed by atoms with Crippen LogP contribution in [0.3, 0.4) is 0 Å². The summed E-state index contributed by atoms with van der Waals surface area (Å²) in [6.45, 7) is 0.393. The third-order valence-electron chi connectivity index (χ3n) is 4.51. The van der Waals surface area contributed by atoms with Crippen LogP contribution in [0.15, 0.2) is 84.9 Å². The average molecular weight is 389 g/mol. The molecule has 3 aromatic carbocycles. The highest BCUT2D eigenvalue weighted by Gasteiger charge is 2.25. The van der Waals surface area contributed by atoms with E-state index < -0.39 is 5.97 Å². The number of nitrogens with zero attached hydrogens (tertiary/aromatic N) is 2. The van der Waals surface area contributed by atoms with E-state index in [4.69, 9.17) is 16.6 Å². The first-order valence-electron chi connectivity index (χ1n) is 8.83. The minimum absolute atomic E-state index is 0.121. The third-order valence-corrected chi connectivity index (χ3v) is 4.84. The molecule has 0 spiro atoms. The fraction of sp³-hybridized carbons (Fsp3) is 0.0435. The molecule has 1 aromatic heterocycles. The van der Waals surface area contributed by atoms with Crippen LogP contribution < -0.4 is 0 Å². The Morgan fingerprint density at radius 1 is 0.893 bits per heavy atom. The van der Waals surface area contributed by atoms with Crippen molar-refractivity contribution in [1.29, 1.82) is 0 Å². The molecule has 5 heteroatoms. The van der Waals surface area contributed by atoms with E-state index in [9.17, 15) is 9.90 Å². The van der Waals surface area contributed by atoms with Gasteiger partial charge in [-0.3, -0.25) is 0 Å². The molecule has 0 aliphatic carbocycles. The molecule has 4 rings (SSSR count).